The van der Waals surface area contributed by atoms with E-state index >= 15 is 0 Å². The third kappa shape index (κ3) is 7.96. The first-order valence-electron chi connectivity index (χ1n) is 15.3. The van der Waals surface area contributed by atoms with Gasteiger partial charge in [-0.15, -0.1) is 10.2 Å². The third-order valence-electron chi connectivity index (χ3n) is 8.48. The molecular formula is C34H44N6O4S. The molecule has 2 aromatic heterocycles. The lowest BCUT2D eigenvalue weighted by Crippen LogP contribution is -2.26. The molecule has 0 radical (unpaired) electrons. The van der Waals surface area contributed by atoms with Crippen LogP contribution >= 0.6 is 0 Å². The van der Waals surface area contributed by atoms with Gasteiger partial charge in [0.1, 0.15) is 5.75 Å². The molecule has 11 heteroatoms. The second kappa shape index (κ2) is 13.9. The monoisotopic (exact) mass is 632 g/mol. The number of nitrogens with one attached hydrogen (secondary N) is 2. The zero-order valence-corrected chi connectivity index (χ0v) is 28.0. The highest BCUT2D eigenvalue weighted by molar-refractivity contribution is 7.89. The summed E-state index contributed by atoms with van der Waals surface area (Å²) in [6.45, 7) is 15.6. The Balaban J connectivity index is 1.38. The molecule has 0 saturated heterocycles. The van der Waals surface area contributed by atoms with Crippen LogP contribution in [0.15, 0.2) is 86.8 Å². The molecule has 2 aromatic carbocycles. The number of hydrogen-bond donors (Lipinski definition) is 2. The van der Waals surface area contributed by atoms with Gasteiger partial charge in [-0.2, -0.15) is 0 Å². The van der Waals surface area contributed by atoms with E-state index in [1.807, 2.05) is 0 Å². The van der Waals surface area contributed by atoms with Gasteiger partial charge in [-0.25, -0.2) is 22.8 Å². The minimum atomic E-state index is -3.76. The van der Waals surface area contributed by atoms with Crippen LogP contribution in [0.5, 0.6) is 5.75 Å². The molecule has 0 saturated carbocycles. The van der Waals surface area contributed by atoms with Crippen LogP contribution in [0.4, 0.5) is 11.5 Å². The van der Waals surface area contributed by atoms with E-state index in [-0.39, 0.29) is 28.0 Å². The smallest absolute Gasteiger partial charge is 0.299 e. The molecule has 0 unspecified atom stereocenters. The van der Waals surface area contributed by atoms with Crippen molar-refractivity contribution in [2.75, 3.05) is 13.2 Å². The number of nitrogens with zero attached hydrogens (tertiary/aromatic N) is 4. The number of hydrogen-bond acceptors (Lipinski definition) is 7. The average Bonchev–Trinajstić information content (AvgIpc) is 3.32. The largest absolute Gasteiger partial charge is 0.493 e. The van der Waals surface area contributed by atoms with E-state index in [0.717, 1.165) is 18.6 Å². The number of aryl methyl sites for hydroxylation is 1. The number of sulfonamides is 1. The van der Waals surface area contributed by atoms with E-state index in [1.165, 1.54) is 27.9 Å². The highest BCUT2D eigenvalue weighted by Gasteiger charge is 2.26. The zero-order valence-electron chi connectivity index (χ0n) is 27.2. The fourth-order valence-electron chi connectivity index (χ4n) is 4.67. The van der Waals surface area contributed by atoms with Gasteiger partial charge >= 0.3 is 0 Å². The van der Waals surface area contributed by atoms with Crippen molar-refractivity contribution in [3.8, 4) is 11.4 Å². The van der Waals surface area contributed by atoms with Gasteiger partial charge in [0.05, 0.1) is 22.9 Å². The topological polar surface area (TPSA) is 131 Å². The predicted octanol–water partition coefficient (Wildman–Crippen LogP) is 7.41. The van der Waals surface area contributed by atoms with E-state index in [1.54, 1.807) is 43.5 Å². The number of pyridine rings is 1. The summed E-state index contributed by atoms with van der Waals surface area (Å²) in [5.41, 5.74) is 3.19. The maximum Gasteiger partial charge on any atom is 0.299 e. The molecule has 4 rings (SSSR count). The van der Waals surface area contributed by atoms with Crippen molar-refractivity contribution < 1.29 is 13.2 Å². The van der Waals surface area contributed by atoms with Crippen molar-refractivity contribution in [1.82, 2.24) is 19.5 Å². The molecule has 0 aliphatic rings. The van der Waals surface area contributed by atoms with Crippen molar-refractivity contribution in [3.05, 3.63) is 94.0 Å². The van der Waals surface area contributed by atoms with Gasteiger partial charge < -0.3 is 4.74 Å². The van der Waals surface area contributed by atoms with Gasteiger partial charge in [0.2, 0.25) is 10.0 Å². The summed E-state index contributed by atoms with van der Waals surface area (Å²) in [4.78, 5) is 17.2. The molecule has 0 spiro atoms. The second-order valence-electron chi connectivity index (χ2n) is 12.4. The lowest BCUT2D eigenvalue weighted by molar-refractivity contribution is 0.300. The summed E-state index contributed by atoms with van der Waals surface area (Å²) in [6.07, 6.45) is 4.09. The Bertz CT molecular complexity index is 1790. The summed E-state index contributed by atoms with van der Waals surface area (Å²) >= 11 is 0. The maximum atomic E-state index is 13.0. The Kier molecular flexibility index (Phi) is 10.4. The Hall–Kier alpha value is -4.09. The summed E-state index contributed by atoms with van der Waals surface area (Å²) in [5, 5.41) is 11.1. The van der Waals surface area contributed by atoms with Crippen molar-refractivity contribution in [2.24, 2.45) is 10.2 Å². The van der Waals surface area contributed by atoms with Crippen molar-refractivity contribution in [3.63, 3.8) is 0 Å². The quantitative estimate of drug-likeness (QED) is 0.110. The number of ether oxygens (including phenoxy) is 1. The van der Waals surface area contributed by atoms with Crippen LogP contribution in [0, 0.1) is 6.92 Å². The van der Waals surface area contributed by atoms with Gasteiger partial charge in [-0.05, 0) is 85.0 Å². The van der Waals surface area contributed by atoms with E-state index < -0.39 is 15.6 Å². The molecule has 10 nitrogen and oxygen atoms in total. The summed E-state index contributed by atoms with van der Waals surface area (Å²) < 4.78 is 36.1. The van der Waals surface area contributed by atoms with Gasteiger partial charge in [0.15, 0.2) is 11.5 Å². The van der Waals surface area contributed by atoms with Crippen LogP contribution in [0.3, 0.4) is 0 Å². The SMILES string of the molecule is CCC(C)(C)c1ccc(OCCCNS(=O)(=O)c2ccc(-n3[nH]c(C)c(N=Nc4ccccn4)c3=O)cc2)c(C(C)(C)CC)c1. The van der Waals surface area contributed by atoms with Crippen LogP contribution in [-0.2, 0) is 20.9 Å². The Morgan fingerprint density at radius 2 is 1.67 bits per heavy atom. The first kappa shape index (κ1) is 33.8. The fourth-order valence-corrected chi connectivity index (χ4v) is 5.74. The minimum Gasteiger partial charge on any atom is -0.493 e. The van der Waals surface area contributed by atoms with Crippen LogP contribution in [0.2, 0.25) is 0 Å². The summed E-state index contributed by atoms with van der Waals surface area (Å²) in [5.74, 6) is 1.22. The van der Waals surface area contributed by atoms with Crippen LogP contribution in [-0.4, -0.2) is 36.3 Å². The van der Waals surface area contributed by atoms with Gasteiger partial charge in [0.25, 0.3) is 5.56 Å². The number of azo groups is 1. The number of H-pyrrole nitrogens is 1. The highest BCUT2D eigenvalue weighted by atomic mass is 32.2. The van der Waals surface area contributed by atoms with Crippen molar-refractivity contribution >= 4 is 21.5 Å². The Labute approximate surface area is 266 Å². The van der Waals surface area contributed by atoms with E-state index in [4.69, 9.17) is 4.74 Å². The number of rotatable bonds is 14. The molecule has 45 heavy (non-hydrogen) atoms. The Morgan fingerprint density at radius 3 is 2.31 bits per heavy atom. The van der Waals surface area contributed by atoms with E-state index in [2.05, 4.69) is 84.8 Å². The molecule has 0 aliphatic carbocycles. The number of benzene rings is 2. The first-order chi connectivity index (χ1) is 21.3. The molecule has 0 amide bonds. The molecule has 0 fully saturated rings. The second-order valence-corrected chi connectivity index (χ2v) is 14.2. The molecule has 4 aromatic rings. The van der Waals surface area contributed by atoms with Crippen molar-refractivity contribution in [2.45, 2.75) is 83.5 Å². The zero-order chi connectivity index (χ0) is 32.8. The van der Waals surface area contributed by atoms with Crippen LogP contribution in [0.1, 0.15) is 77.6 Å². The Morgan fingerprint density at radius 1 is 0.956 bits per heavy atom. The maximum absolute atomic E-state index is 13.0. The van der Waals surface area contributed by atoms with Gasteiger partial charge in [0, 0.05) is 18.3 Å². The lowest BCUT2D eigenvalue weighted by Gasteiger charge is -2.30. The molecule has 240 valence electrons. The summed E-state index contributed by atoms with van der Waals surface area (Å²) in [6, 6.07) is 17.7. The minimum absolute atomic E-state index is 0.0574. The molecule has 0 atom stereocenters. The number of aromatic nitrogens is 3. The van der Waals surface area contributed by atoms with Gasteiger partial charge in [-0.3, -0.25) is 9.89 Å². The van der Waals surface area contributed by atoms with Crippen LogP contribution < -0.4 is 15.0 Å². The fraction of sp³-hybridized carbons (Fsp3) is 0.412. The standard InChI is InChI=1S/C34H44N6O4S/c1-8-33(4,5)25-14-19-29(28(23-25)34(6,7)9-2)44-22-12-21-36-45(42,43)27-17-15-26(16-18-27)40-32(41)31(24(3)39-40)38-37-30-13-10-11-20-35-30/h10-11,13-20,23,36,39H,8-9,12,21-22H2,1-7H3. The molecule has 0 aliphatic heterocycles. The molecule has 0 bridgehead atoms. The third-order valence-corrected chi connectivity index (χ3v) is 9.95. The molecule has 2 heterocycles. The van der Waals surface area contributed by atoms with E-state index in [0.29, 0.717) is 30.2 Å². The lowest BCUT2D eigenvalue weighted by atomic mass is 9.76. The number of aromatic amines is 1. The first-order valence-corrected chi connectivity index (χ1v) is 16.8. The normalized spacial score (nSPS) is 12.6. The summed E-state index contributed by atoms with van der Waals surface area (Å²) in [7, 11) is -3.76. The molecular weight excluding hydrogens is 588 g/mol. The van der Waals surface area contributed by atoms with Crippen molar-refractivity contribution in [1.29, 1.82) is 0 Å². The highest BCUT2D eigenvalue weighted by Crippen LogP contribution is 2.38. The van der Waals surface area contributed by atoms with Gasteiger partial charge in [-0.1, -0.05) is 59.7 Å². The average molecular weight is 633 g/mol. The molecule has 2 N–H and O–H groups in total. The van der Waals surface area contributed by atoms with Crippen LogP contribution in [0.25, 0.3) is 5.69 Å². The predicted molar refractivity (Wildman–Crippen MR) is 178 cm³/mol. The van der Waals surface area contributed by atoms with E-state index in [9.17, 15) is 13.2 Å².